The van der Waals surface area contributed by atoms with Crippen LogP contribution in [0.15, 0.2) is 24.3 Å². The number of benzene rings is 1. The Bertz CT molecular complexity index is 505. The van der Waals surface area contributed by atoms with Gasteiger partial charge in [0, 0.05) is 24.2 Å². The van der Waals surface area contributed by atoms with E-state index in [-0.39, 0.29) is 24.9 Å². The zero-order valence-corrected chi connectivity index (χ0v) is 13.2. The zero-order valence-electron chi connectivity index (χ0n) is 12.3. The molecular weight excluding hydrogens is 306 g/mol. The van der Waals surface area contributed by atoms with Crippen molar-refractivity contribution >= 4 is 29.9 Å². The average Bonchev–Trinajstić information content (AvgIpc) is 2.97. The van der Waals surface area contributed by atoms with Gasteiger partial charge in [0.1, 0.15) is 5.75 Å². The number of amides is 2. The molecule has 0 radical (unpaired) electrons. The first-order valence-corrected chi connectivity index (χ1v) is 7.18. The summed E-state index contributed by atoms with van der Waals surface area (Å²) in [5.74, 6) is -0.0479. The van der Waals surface area contributed by atoms with Gasteiger partial charge < -0.3 is 21.1 Å². The number of ether oxygens (including phenoxy) is 1. The SMILES string of the molecule is Cl.NC(=O)COc1cccc(NC(=O)CCC2CCCN2)c1. The third-order valence-electron chi connectivity index (χ3n) is 3.38. The van der Waals surface area contributed by atoms with Gasteiger partial charge in [0.05, 0.1) is 0 Å². The second kappa shape index (κ2) is 9.27. The molecule has 1 heterocycles. The smallest absolute Gasteiger partial charge is 0.255 e. The van der Waals surface area contributed by atoms with Crippen molar-refractivity contribution in [3.8, 4) is 5.75 Å². The minimum Gasteiger partial charge on any atom is -0.484 e. The highest BCUT2D eigenvalue weighted by atomic mass is 35.5. The maximum atomic E-state index is 11.9. The van der Waals surface area contributed by atoms with E-state index in [1.165, 1.54) is 6.42 Å². The molecule has 7 heteroatoms. The highest BCUT2D eigenvalue weighted by Gasteiger charge is 2.15. The van der Waals surface area contributed by atoms with Gasteiger partial charge in [-0.05, 0) is 37.9 Å². The van der Waals surface area contributed by atoms with Gasteiger partial charge in [-0.2, -0.15) is 0 Å². The van der Waals surface area contributed by atoms with E-state index in [0.717, 1.165) is 19.4 Å². The van der Waals surface area contributed by atoms with Crippen LogP contribution in [0.25, 0.3) is 0 Å². The van der Waals surface area contributed by atoms with Gasteiger partial charge >= 0.3 is 0 Å². The van der Waals surface area contributed by atoms with Crippen molar-refractivity contribution in [3.63, 3.8) is 0 Å². The molecule has 1 saturated heterocycles. The third kappa shape index (κ3) is 6.32. The number of halogens is 1. The minimum atomic E-state index is -0.534. The number of nitrogens with two attached hydrogens (primary N) is 1. The Kier molecular flexibility index (Phi) is 7.70. The molecule has 4 N–H and O–H groups in total. The molecule has 1 aliphatic heterocycles. The predicted octanol–water partition coefficient (Wildman–Crippen LogP) is 1.44. The van der Waals surface area contributed by atoms with E-state index in [2.05, 4.69) is 10.6 Å². The van der Waals surface area contributed by atoms with Gasteiger partial charge in [-0.25, -0.2) is 0 Å². The summed E-state index contributed by atoms with van der Waals surface area (Å²) in [4.78, 5) is 22.6. The molecule has 6 nitrogen and oxygen atoms in total. The van der Waals surface area contributed by atoms with Gasteiger partial charge in [0.25, 0.3) is 5.91 Å². The number of anilines is 1. The van der Waals surface area contributed by atoms with Gasteiger partial charge in [0.2, 0.25) is 5.91 Å². The van der Waals surface area contributed by atoms with Crippen molar-refractivity contribution in [2.24, 2.45) is 5.73 Å². The summed E-state index contributed by atoms with van der Waals surface area (Å²) >= 11 is 0. The van der Waals surface area contributed by atoms with Crippen LogP contribution in [0.1, 0.15) is 25.7 Å². The monoisotopic (exact) mass is 327 g/mol. The largest absolute Gasteiger partial charge is 0.484 e. The van der Waals surface area contributed by atoms with Gasteiger partial charge in [-0.15, -0.1) is 12.4 Å². The molecular formula is C15H22ClN3O3. The molecule has 1 unspecified atom stereocenters. The van der Waals surface area contributed by atoms with E-state index in [0.29, 0.717) is 23.9 Å². The number of carbonyl (C=O) groups is 2. The van der Waals surface area contributed by atoms with Crippen molar-refractivity contribution in [1.82, 2.24) is 5.32 Å². The Balaban J connectivity index is 0.00000242. The lowest BCUT2D eigenvalue weighted by Gasteiger charge is -2.11. The summed E-state index contributed by atoms with van der Waals surface area (Å²) < 4.78 is 5.20. The van der Waals surface area contributed by atoms with E-state index in [1.54, 1.807) is 24.3 Å². The van der Waals surface area contributed by atoms with Gasteiger partial charge in [-0.3, -0.25) is 9.59 Å². The molecule has 0 aromatic heterocycles. The first kappa shape index (κ1) is 18.3. The quantitative estimate of drug-likeness (QED) is 0.706. The summed E-state index contributed by atoms with van der Waals surface area (Å²) in [6, 6.07) is 7.38. The molecule has 1 fully saturated rings. The van der Waals surface area contributed by atoms with Crippen LogP contribution in [0, 0.1) is 0 Å². The Morgan fingerprint density at radius 3 is 2.91 bits per heavy atom. The topological polar surface area (TPSA) is 93.5 Å². The second-order valence-electron chi connectivity index (χ2n) is 5.16. The van der Waals surface area contributed by atoms with Gasteiger partial charge in [-0.1, -0.05) is 6.07 Å². The first-order chi connectivity index (χ1) is 10.1. The van der Waals surface area contributed by atoms with Crippen molar-refractivity contribution in [3.05, 3.63) is 24.3 Å². The summed E-state index contributed by atoms with van der Waals surface area (Å²) in [6.07, 6.45) is 3.67. The van der Waals surface area contributed by atoms with Crippen LogP contribution in [0.3, 0.4) is 0 Å². The molecule has 1 aliphatic rings. The lowest BCUT2D eigenvalue weighted by atomic mass is 10.1. The Morgan fingerprint density at radius 1 is 1.41 bits per heavy atom. The summed E-state index contributed by atoms with van der Waals surface area (Å²) in [7, 11) is 0. The van der Waals surface area contributed by atoms with Crippen LogP contribution in [0.2, 0.25) is 0 Å². The number of carbonyl (C=O) groups excluding carboxylic acids is 2. The molecule has 0 spiro atoms. The molecule has 1 aromatic carbocycles. The van der Waals surface area contributed by atoms with Crippen molar-refractivity contribution < 1.29 is 14.3 Å². The van der Waals surface area contributed by atoms with E-state index in [1.807, 2.05) is 0 Å². The number of rotatable bonds is 7. The fourth-order valence-corrected chi connectivity index (χ4v) is 2.35. The summed E-state index contributed by atoms with van der Waals surface area (Å²) in [5.41, 5.74) is 5.67. The Hall–Kier alpha value is -1.79. The Morgan fingerprint density at radius 2 is 2.23 bits per heavy atom. The summed E-state index contributed by atoms with van der Waals surface area (Å²) in [5, 5.41) is 6.20. The molecule has 1 atom stereocenters. The lowest BCUT2D eigenvalue weighted by molar-refractivity contribution is -0.120. The van der Waals surface area contributed by atoms with Crippen molar-refractivity contribution in [2.75, 3.05) is 18.5 Å². The van der Waals surface area contributed by atoms with Gasteiger partial charge in [0.15, 0.2) is 6.61 Å². The first-order valence-electron chi connectivity index (χ1n) is 7.18. The molecule has 22 heavy (non-hydrogen) atoms. The molecule has 0 saturated carbocycles. The maximum Gasteiger partial charge on any atom is 0.255 e. The number of primary amides is 1. The van der Waals surface area contributed by atoms with Crippen LogP contribution in [0.5, 0.6) is 5.75 Å². The zero-order chi connectivity index (χ0) is 15.1. The number of hydrogen-bond donors (Lipinski definition) is 3. The second-order valence-corrected chi connectivity index (χ2v) is 5.16. The molecule has 0 bridgehead atoms. The molecule has 2 amide bonds. The fourth-order valence-electron chi connectivity index (χ4n) is 2.35. The maximum absolute atomic E-state index is 11.9. The van der Waals surface area contributed by atoms with Crippen molar-refractivity contribution in [2.45, 2.75) is 31.7 Å². The average molecular weight is 328 g/mol. The fraction of sp³-hybridized carbons (Fsp3) is 0.467. The normalized spacial score (nSPS) is 16.6. The highest BCUT2D eigenvalue weighted by molar-refractivity contribution is 5.90. The lowest BCUT2D eigenvalue weighted by Crippen LogP contribution is -2.23. The molecule has 122 valence electrons. The van der Waals surface area contributed by atoms with Crippen LogP contribution in [-0.4, -0.2) is 31.0 Å². The number of nitrogens with one attached hydrogen (secondary N) is 2. The minimum absolute atomic E-state index is 0. The van der Waals surface area contributed by atoms with Crippen LogP contribution in [0.4, 0.5) is 5.69 Å². The van der Waals surface area contributed by atoms with Crippen LogP contribution in [-0.2, 0) is 9.59 Å². The van der Waals surface area contributed by atoms with Crippen LogP contribution >= 0.6 is 12.4 Å². The van der Waals surface area contributed by atoms with E-state index in [9.17, 15) is 9.59 Å². The Labute approximate surface area is 136 Å². The summed E-state index contributed by atoms with van der Waals surface area (Å²) in [6.45, 7) is 0.871. The van der Waals surface area contributed by atoms with E-state index < -0.39 is 5.91 Å². The molecule has 1 aromatic rings. The van der Waals surface area contributed by atoms with Crippen molar-refractivity contribution in [1.29, 1.82) is 0 Å². The predicted molar refractivity (Wildman–Crippen MR) is 87.3 cm³/mol. The highest BCUT2D eigenvalue weighted by Crippen LogP contribution is 2.18. The molecule has 0 aliphatic carbocycles. The van der Waals surface area contributed by atoms with E-state index >= 15 is 0 Å². The number of hydrogen-bond acceptors (Lipinski definition) is 4. The van der Waals surface area contributed by atoms with E-state index in [4.69, 9.17) is 10.5 Å². The third-order valence-corrected chi connectivity index (χ3v) is 3.38. The van der Waals surface area contributed by atoms with Crippen LogP contribution < -0.4 is 21.1 Å². The molecule has 2 rings (SSSR count). The standard InChI is InChI=1S/C15H21N3O3.ClH/c16-14(19)10-21-13-5-1-3-12(9-13)18-15(20)7-6-11-4-2-8-17-11;/h1,3,5,9,11,17H,2,4,6-8,10H2,(H2,16,19)(H,18,20);1H.